The molecule has 21 heavy (non-hydrogen) atoms. The summed E-state index contributed by atoms with van der Waals surface area (Å²) < 4.78 is 30.5. The molecule has 0 atom stereocenters. The number of carbonyl (C=O) groups is 1. The van der Waals surface area contributed by atoms with Crippen molar-refractivity contribution in [2.45, 2.75) is 64.7 Å². The smallest absolute Gasteiger partial charge is 0.283 e. The molecule has 0 aromatic heterocycles. The lowest BCUT2D eigenvalue weighted by Crippen LogP contribution is -2.35. The zero-order chi connectivity index (χ0) is 16.1. The van der Waals surface area contributed by atoms with Crippen LogP contribution in [0.15, 0.2) is 12.7 Å². The van der Waals surface area contributed by atoms with E-state index in [9.17, 15) is 13.2 Å². The summed E-state index contributed by atoms with van der Waals surface area (Å²) in [7, 11) is -4.18. The third-order valence-electron chi connectivity index (χ3n) is 3.34. The monoisotopic (exact) mass is 319 g/mol. The second-order valence-corrected chi connectivity index (χ2v) is 6.77. The van der Waals surface area contributed by atoms with Crippen molar-refractivity contribution < 1.29 is 17.8 Å². The minimum Gasteiger partial charge on any atom is -0.322 e. The molecule has 0 aromatic carbocycles. The highest BCUT2D eigenvalue weighted by atomic mass is 32.2. The number of unbranched alkanes of at least 4 members (excludes halogenated alkanes) is 8. The normalized spacial score (nSPS) is 11.3. The average molecular weight is 319 g/mol. The predicted octanol–water partition coefficient (Wildman–Crippen LogP) is 3.38. The maximum absolute atomic E-state index is 11.5. The Morgan fingerprint density at radius 2 is 1.52 bits per heavy atom. The molecule has 0 unspecified atom stereocenters. The molecular weight excluding hydrogens is 290 g/mol. The van der Waals surface area contributed by atoms with Crippen LogP contribution >= 0.6 is 0 Å². The van der Waals surface area contributed by atoms with Crippen LogP contribution in [0.3, 0.4) is 0 Å². The zero-order valence-corrected chi connectivity index (χ0v) is 13.9. The van der Waals surface area contributed by atoms with E-state index in [1.54, 1.807) is 0 Å². The quantitative estimate of drug-likeness (QED) is 0.321. The van der Waals surface area contributed by atoms with Crippen molar-refractivity contribution in [1.82, 2.24) is 4.90 Å². The predicted molar refractivity (Wildman–Crippen MR) is 85.6 cm³/mol. The van der Waals surface area contributed by atoms with E-state index in [1.165, 1.54) is 38.5 Å². The van der Waals surface area contributed by atoms with E-state index in [4.69, 9.17) is 4.55 Å². The van der Waals surface area contributed by atoms with Gasteiger partial charge in [0.25, 0.3) is 10.1 Å². The lowest BCUT2D eigenvalue weighted by atomic mass is 10.1. The van der Waals surface area contributed by atoms with Gasteiger partial charge in [-0.3, -0.25) is 9.35 Å². The average Bonchev–Trinajstić information content (AvgIpc) is 2.42. The summed E-state index contributed by atoms with van der Waals surface area (Å²) in [6.07, 6.45) is 11.4. The molecule has 0 spiro atoms. The Hall–Kier alpha value is -0.880. The molecule has 0 saturated heterocycles. The van der Waals surface area contributed by atoms with E-state index in [-0.39, 0.29) is 0 Å². The van der Waals surface area contributed by atoms with Gasteiger partial charge in [0.1, 0.15) is 5.88 Å². The van der Waals surface area contributed by atoms with Crippen LogP contribution in [0.2, 0.25) is 0 Å². The largest absolute Gasteiger partial charge is 0.322 e. The van der Waals surface area contributed by atoms with Gasteiger partial charge in [0.2, 0.25) is 5.91 Å². The van der Waals surface area contributed by atoms with Gasteiger partial charge in [0, 0.05) is 6.54 Å². The summed E-state index contributed by atoms with van der Waals surface area (Å²) in [5.41, 5.74) is 0. The zero-order valence-electron chi connectivity index (χ0n) is 13.1. The summed E-state index contributed by atoms with van der Waals surface area (Å²) in [5.74, 6) is -1.12. The molecule has 0 fully saturated rings. The molecule has 0 aromatic rings. The number of nitrogens with zero attached hydrogens (tertiary/aromatic N) is 1. The molecule has 5 nitrogen and oxygen atoms in total. The van der Waals surface area contributed by atoms with Crippen LogP contribution in [0.1, 0.15) is 64.7 Å². The van der Waals surface area contributed by atoms with Gasteiger partial charge in [-0.2, -0.15) is 8.42 Å². The van der Waals surface area contributed by atoms with Gasteiger partial charge in [-0.05, 0) is 12.5 Å². The molecule has 0 heterocycles. The molecule has 0 aliphatic heterocycles. The first-order valence-corrected chi connectivity index (χ1v) is 9.38. The molecule has 0 saturated carbocycles. The molecule has 6 heteroatoms. The molecular formula is C15H29NO4S. The van der Waals surface area contributed by atoms with Crippen molar-refractivity contribution in [3.05, 3.63) is 12.7 Å². The molecule has 1 N–H and O–H groups in total. The first kappa shape index (κ1) is 20.1. The van der Waals surface area contributed by atoms with Crippen molar-refractivity contribution in [3.63, 3.8) is 0 Å². The van der Waals surface area contributed by atoms with Crippen LogP contribution in [-0.2, 0) is 14.9 Å². The van der Waals surface area contributed by atoms with Crippen molar-refractivity contribution >= 4 is 16.0 Å². The standard InChI is InChI=1S/C15H29NO4S/c1-3-5-6-7-8-9-10-11-12-13-16(15(17)4-2)14-21(18,19)20/h4H,2-3,5-14H2,1H3,(H,18,19,20). The lowest BCUT2D eigenvalue weighted by Gasteiger charge is -2.19. The highest BCUT2D eigenvalue weighted by molar-refractivity contribution is 7.85. The maximum atomic E-state index is 11.5. The lowest BCUT2D eigenvalue weighted by molar-refractivity contribution is -0.125. The molecule has 0 aliphatic carbocycles. The van der Waals surface area contributed by atoms with Gasteiger partial charge >= 0.3 is 0 Å². The van der Waals surface area contributed by atoms with Gasteiger partial charge in [0.05, 0.1) is 0 Å². The summed E-state index contributed by atoms with van der Waals surface area (Å²) in [4.78, 5) is 12.6. The fourth-order valence-corrected chi connectivity index (χ4v) is 2.83. The Balaban J connectivity index is 3.79. The molecule has 0 bridgehead atoms. The van der Waals surface area contributed by atoms with Crippen LogP contribution in [0.5, 0.6) is 0 Å². The third kappa shape index (κ3) is 12.6. The van der Waals surface area contributed by atoms with Crippen molar-refractivity contribution in [2.24, 2.45) is 0 Å². The summed E-state index contributed by atoms with van der Waals surface area (Å²) in [5, 5.41) is 0. The van der Waals surface area contributed by atoms with E-state index in [1.807, 2.05) is 0 Å². The van der Waals surface area contributed by atoms with Crippen molar-refractivity contribution in [1.29, 1.82) is 0 Å². The minimum absolute atomic E-state index is 0.334. The highest BCUT2D eigenvalue weighted by Crippen LogP contribution is 2.10. The minimum atomic E-state index is -4.18. The fourth-order valence-electron chi connectivity index (χ4n) is 2.18. The molecule has 1 amide bonds. The number of hydrogen-bond acceptors (Lipinski definition) is 3. The number of rotatable bonds is 13. The first-order chi connectivity index (χ1) is 9.90. The van der Waals surface area contributed by atoms with E-state index in [2.05, 4.69) is 13.5 Å². The summed E-state index contributed by atoms with van der Waals surface area (Å²) >= 11 is 0. The van der Waals surface area contributed by atoms with Crippen LogP contribution in [0.25, 0.3) is 0 Å². The van der Waals surface area contributed by atoms with Crippen LogP contribution in [-0.4, -0.2) is 36.2 Å². The van der Waals surface area contributed by atoms with Gasteiger partial charge in [-0.1, -0.05) is 64.9 Å². The Kier molecular flexibility index (Phi) is 11.3. The van der Waals surface area contributed by atoms with Gasteiger partial charge < -0.3 is 4.90 Å². The summed E-state index contributed by atoms with van der Waals surface area (Å²) in [6.45, 7) is 5.87. The second-order valence-electron chi connectivity index (χ2n) is 5.35. The van der Waals surface area contributed by atoms with E-state index >= 15 is 0 Å². The second kappa shape index (κ2) is 11.7. The highest BCUT2D eigenvalue weighted by Gasteiger charge is 2.16. The molecule has 0 aliphatic rings. The topological polar surface area (TPSA) is 74.7 Å². The van der Waals surface area contributed by atoms with E-state index in [0.717, 1.165) is 30.2 Å². The van der Waals surface area contributed by atoms with Crippen LogP contribution < -0.4 is 0 Å². The Morgan fingerprint density at radius 1 is 1.05 bits per heavy atom. The number of amides is 1. The van der Waals surface area contributed by atoms with Gasteiger partial charge in [-0.25, -0.2) is 0 Å². The third-order valence-corrected chi connectivity index (χ3v) is 3.97. The molecule has 0 rings (SSSR count). The van der Waals surface area contributed by atoms with Gasteiger partial charge in [-0.15, -0.1) is 0 Å². The van der Waals surface area contributed by atoms with Crippen molar-refractivity contribution in [2.75, 3.05) is 12.4 Å². The Morgan fingerprint density at radius 3 is 1.95 bits per heavy atom. The van der Waals surface area contributed by atoms with E-state index in [0.29, 0.717) is 6.54 Å². The fraction of sp³-hybridized carbons (Fsp3) is 0.800. The Bertz CT molecular complexity index is 392. The number of carbonyl (C=O) groups excluding carboxylic acids is 1. The molecule has 124 valence electrons. The van der Waals surface area contributed by atoms with Crippen LogP contribution in [0, 0.1) is 0 Å². The van der Waals surface area contributed by atoms with Crippen LogP contribution in [0.4, 0.5) is 0 Å². The van der Waals surface area contributed by atoms with E-state index < -0.39 is 21.9 Å². The Labute approximate surface area is 129 Å². The molecule has 0 radical (unpaired) electrons. The SMILES string of the molecule is C=CC(=O)N(CCCCCCCCCCC)CS(=O)(=O)O. The maximum Gasteiger partial charge on any atom is 0.283 e. The van der Waals surface area contributed by atoms with Gasteiger partial charge in [0.15, 0.2) is 0 Å². The number of hydrogen-bond donors (Lipinski definition) is 1. The first-order valence-electron chi connectivity index (χ1n) is 7.77. The summed E-state index contributed by atoms with van der Waals surface area (Å²) in [6, 6.07) is 0. The van der Waals surface area contributed by atoms with Crippen molar-refractivity contribution in [3.8, 4) is 0 Å².